The number of hydrogen-bond donors (Lipinski definition) is 0. The highest BCUT2D eigenvalue weighted by Crippen LogP contribution is 1.93. The van der Waals surface area contributed by atoms with Gasteiger partial charge in [-0.25, -0.2) is 0 Å². The van der Waals surface area contributed by atoms with Crippen LogP contribution in [0, 0.1) is 11.8 Å². The van der Waals surface area contributed by atoms with Crippen LogP contribution in [0.15, 0.2) is 12.0 Å². The lowest BCUT2D eigenvalue weighted by Crippen LogP contribution is -2.01. The zero-order valence-electron chi connectivity index (χ0n) is 6.33. The van der Waals surface area contributed by atoms with Crippen molar-refractivity contribution in [1.29, 1.82) is 0 Å². The van der Waals surface area contributed by atoms with Gasteiger partial charge in [-0.05, 0) is 6.92 Å². The van der Waals surface area contributed by atoms with Gasteiger partial charge in [0.15, 0.2) is 0 Å². The van der Waals surface area contributed by atoms with Gasteiger partial charge in [-0.3, -0.25) is 4.18 Å². The van der Waals surface area contributed by atoms with Crippen LogP contribution >= 0.6 is 0 Å². The lowest BCUT2D eigenvalue weighted by molar-refractivity contribution is 0.333. The van der Waals surface area contributed by atoms with E-state index in [-0.39, 0.29) is 6.61 Å². The van der Waals surface area contributed by atoms with Gasteiger partial charge in [0.1, 0.15) is 0 Å². The van der Waals surface area contributed by atoms with Gasteiger partial charge >= 0.3 is 0 Å². The van der Waals surface area contributed by atoms with Crippen molar-refractivity contribution < 1.29 is 12.6 Å². The van der Waals surface area contributed by atoms with E-state index >= 15 is 0 Å². The van der Waals surface area contributed by atoms with Gasteiger partial charge in [-0.15, -0.1) is 11.8 Å². The minimum atomic E-state index is -3.50. The van der Waals surface area contributed by atoms with E-state index in [0.717, 1.165) is 5.41 Å². The molecule has 0 bridgehead atoms. The van der Waals surface area contributed by atoms with Gasteiger partial charge in [0.2, 0.25) is 0 Å². The smallest absolute Gasteiger partial charge is 0.266 e. The molecule has 0 atom stereocenters. The van der Waals surface area contributed by atoms with Crippen molar-refractivity contribution in [1.82, 2.24) is 0 Å². The minimum Gasteiger partial charge on any atom is -0.266 e. The van der Waals surface area contributed by atoms with Gasteiger partial charge < -0.3 is 0 Å². The molecule has 0 aliphatic carbocycles. The van der Waals surface area contributed by atoms with Crippen molar-refractivity contribution in [3.05, 3.63) is 12.0 Å². The first kappa shape index (κ1) is 10.2. The third kappa shape index (κ3) is 5.64. The Morgan fingerprint density at radius 2 is 2.27 bits per heavy atom. The Morgan fingerprint density at radius 3 is 2.73 bits per heavy atom. The lowest BCUT2D eigenvalue weighted by Gasteiger charge is -1.95. The van der Waals surface area contributed by atoms with E-state index in [1.54, 1.807) is 6.92 Å². The van der Waals surface area contributed by atoms with E-state index in [9.17, 15) is 8.42 Å². The molecular formula is C7H10O3S. The zero-order chi connectivity index (χ0) is 8.74. The minimum absolute atomic E-state index is 0.0925. The van der Waals surface area contributed by atoms with Crippen LogP contribution in [0.2, 0.25) is 0 Å². The molecule has 0 saturated heterocycles. The maximum Gasteiger partial charge on any atom is 0.289 e. The molecule has 0 fully saturated rings. The fraction of sp³-hybridized carbons (Fsp3) is 0.429. The van der Waals surface area contributed by atoms with Gasteiger partial charge in [-0.2, -0.15) is 8.42 Å². The predicted octanol–water partition coefficient (Wildman–Crippen LogP) is 0.890. The molecule has 0 aromatic carbocycles. The molecule has 0 N–H and O–H groups in total. The van der Waals surface area contributed by atoms with Crippen molar-refractivity contribution in [3.63, 3.8) is 0 Å². The van der Waals surface area contributed by atoms with E-state index < -0.39 is 10.1 Å². The van der Waals surface area contributed by atoms with Gasteiger partial charge in [0.25, 0.3) is 10.1 Å². The molecule has 0 heterocycles. The summed E-state index contributed by atoms with van der Waals surface area (Å²) in [7, 11) is -3.50. The van der Waals surface area contributed by atoms with Crippen LogP contribution in [0.4, 0.5) is 0 Å². The Hall–Kier alpha value is -0.790. The molecule has 0 unspecified atom stereocenters. The fourth-order valence-corrected chi connectivity index (χ4v) is 0.794. The molecule has 0 aromatic rings. The summed E-state index contributed by atoms with van der Waals surface area (Å²) in [5.74, 6) is 5.29. The van der Waals surface area contributed by atoms with Crippen LogP contribution in [0.25, 0.3) is 0 Å². The summed E-state index contributed by atoms with van der Waals surface area (Å²) in [5, 5.41) is 0.770. The Morgan fingerprint density at radius 1 is 1.64 bits per heavy atom. The van der Waals surface area contributed by atoms with Crippen molar-refractivity contribution >= 4 is 10.1 Å². The highest BCUT2D eigenvalue weighted by molar-refractivity contribution is 7.89. The first-order valence-corrected chi connectivity index (χ1v) is 4.51. The molecule has 0 aromatic heterocycles. The Kier molecular flexibility index (Phi) is 4.59. The predicted molar refractivity (Wildman–Crippen MR) is 43.1 cm³/mol. The first-order chi connectivity index (χ1) is 5.12. The van der Waals surface area contributed by atoms with E-state index in [2.05, 4.69) is 22.6 Å². The number of rotatable bonds is 4. The lowest BCUT2D eigenvalue weighted by atomic mass is 10.5. The molecule has 0 rings (SSSR count). The largest absolute Gasteiger partial charge is 0.289 e. The molecule has 0 aliphatic heterocycles. The highest BCUT2D eigenvalue weighted by Gasteiger charge is 2.01. The van der Waals surface area contributed by atoms with Crippen LogP contribution in [0.5, 0.6) is 0 Å². The second-order valence-corrected chi connectivity index (χ2v) is 3.21. The van der Waals surface area contributed by atoms with Crippen LogP contribution in [0.1, 0.15) is 13.3 Å². The molecule has 4 heteroatoms. The zero-order valence-corrected chi connectivity index (χ0v) is 7.15. The van der Waals surface area contributed by atoms with Crippen LogP contribution in [-0.2, 0) is 14.3 Å². The molecule has 0 amide bonds. The molecule has 0 aliphatic rings. The Bertz CT molecular complexity index is 266. The maximum absolute atomic E-state index is 10.6. The third-order valence-corrected chi connectivity index (χ3v) is 1.76. The second-order valence-electron chi connectivity index (χ2n) is 1.66. The summed E-state index contributed by atoms with van der Waals surface area (Å²) in [5.41, 5.74) is 0. The van der Waals surface area contributed by atoms with Gasteiger partial charge in [0.05, 0.1) is 12.0 Å². The third-order valence-electron chi connectivity index (χ3n) is 0.856. The van der Waals surface area contributed by atoms with E-state index in [4.69, 9.17) is 0 Å². The first-order valence-electron chi connectivity index (χ1n) is 3.04. The monoisotopic (exact) mass is 174 g/mol. The standard InChI is InChI=1S/C7H10O3S/c1-3-5-6-7-10-11(8,9)4-2/h4H,2,6-7H2,1H3. The van der Waals surface area contributed by atoms with E-state index in [1.165, 1.54) is 0 Å². The van der Waals surface area contributed by atoms with Crippen molar-refractivity contribution in [2.45, 2.75) is 13.3 Å². The second kappa shape index (κ2) is 4.94. The van der Waals surface area contributed by atoms with Crippen molar-refractivity contribution in [2.24, 2.45) is 0 Å². The normalized spacial score (nSPS) is 9.91. The van der Waals surface area contributed by atoms with Crippen molar-refractivity contribution in [2.75, 3.05) is 6.61 Å². The Labute approximate surface area is 67.2 Å². The topological polar surface area (TPSA) is 43.4 Å². The average Bonchev–Trinajstić information content (AvgIpc) is 1.99. The van der Waals surface area contributed by atoms with Crippen LogP contribution < -0.4 is 0 Å². The van der Waals surface area contributed by atoms with Gasteiger partial charge in [-0.1, -0.05) is 6.58 Å². The maximum atomic E-state index is 10.6. The Balaban J connectivity index is 3.69. The van der Waals surface area contributed by atoms with E-state index in [1.807, 2.05) is 0 Å². The summed E-state index contributed by atoms with van der Waals surface area (Å²) in [6, 6.07) is 0. The molecule has 3 nitrogen and oxygen atoms in total. The fourth-order valence-electron chi connectivity index (χ4n) is 0.382. The number of hydrogen-bond acceptors (Lipinski definition) is 3. The SMILES string of the molecule is C=CS(=O)(=O)OCCC#CC. The molecule has 11 heavy (non-hydrogen) atoms. The summed E-state index contributed by atoms with van der Waals surface area (Å²) in [6.07, 6.45) is 0.420. The van der Waals surface area contributed by atoms with Gasteiger partial charge in [0, 0.05) is 6.42 Å². The summed E-state index contributed by atoms with van der Waals surface area (Å²) in [6.45, 7) is 4.86. The summed E-state index contributed by atoms with van der Waals surface area (Å²) < 4.78 is 25.6. The average molecular weight is 174 g/mol. The molecule has 0 radical (unpaired) electrons. The molecule has 62 valence electrons. The highest BCUT2D eigenvalue weighted by atomic mass is 32.2. The molecular weight excluding hydrogens is 164 g/mol. The molecule has 0 spiro atoms. The van der Waals surface area contributed by atoms with Crippen LogP contribution in [0.3, 0.4) is 0 Å². The quantitative estimate of drug-likeness (QED) is 0.361. The van der Waals surface area contributed by atoms with Crippen LogP contribution in [-0.4, -0.2) is 15.0 Å². The summed E-state index contributed by atoms with van der Waals surface area (Å²) in [4.78, 5) is 0. The summed E-state index contributed by atoms with van der Waals surface area (Å²) >= 11 is 0. The van der Waals surface area contributed by atoms with Crippen molar-refractivity contribution in [3.8, 4) is 11.8 Å². The molecule has 0 saturated carbocycles. The van der Waals surface area contributed by atoms with E-state index in [0.29, 0.717) is 6.42 Å².